The molecule has 0 aliphatic rings. The van der Waals surface area contributed by atoms with Crippen LogP contribution in [0, 0.1) is 0 Å². The monoisotopic (exact) mass is 517 g/mol. The predicted octanol–water partition coefficient (Wildman–Crippen LogP) is 7.17. The van der Waals surface area contributed by atoms with Crippen LogP contribution in [0.3, 0.4) is 0 Å². The van der Waals surface area contributed by atoms with Crippen molar-refractivity contribution >= 4 is 11.7 Å². The highest BCUT2D eigenvalue weighted by atomic mass is 16.2. The fraction of sp³-hybridized carbons (Fsp3) is 0.469. The molecule has 204 valence electrons. The smallest absolute Gasteiger partial charge is 0.282 e. The van der Waals surface area contributed by atoms with Crippen LogP contribution in [-0.4, -0.2) is 39.0 Å². The lowest BCUT2D eigenvalue weighted by Crippen LogP contribution is -2.41. The van der Waals surface area contributed by atoms with Crippen molar-refractivity contribution in [2.24, 2.45) is 0 Å². The van der Waals surface area contributed by atoms with Crippen LogP contribution in [0.15, 0.2) is 65.5 Å². The molecule has 1 N–H and O–H groups in total. The molecule has 1 heterocycles. The maximum atomic E-state index is 13.6. The van der Waals surface area contributed by atoms with Gasteiger partial charge < -0.3 is 4.90 Å². The van der Waals surface area contributed by atoms with Gasteiger partial charge in [-0.25, -0.2) is 4.68 Å². The van der Waals surface area contributed by atoms with Crippen molar-refractivity contribution in [2.45, 2.75) is 91.0 Å². The highest BCUT2D eigenvalue weighted by Crippen LogP contribution is 2.22. The lowest BCUT2D eigenvalue weighted by Gasteiger charge is -2.26. The predicted molar refractivity (Wildman–Crippen MR) is 155 cm³/mol. The first-order valence-electron chi connectivity index (χ1n) is 14.2. The molecule has 2 aromatic carbocycles. The second-order valence-electron chi connectivity index (χ2n) is 10.3. The van der Waals surface area contributed by atoms with Crippen molar-refractivity contribution < 1.29 is 9.59 Å². The SMILES string of the molecule is CCCCCCCCCCCC(=O)N(CC(=O)c1c(-c2ccccc2)[nH]n(-c2ccccc2)c1=O)C(C)C. The summed E-state index contributed by atoms with van der Waals surface area (Å²) in [5, 5.41) is 3.14. The molecule has 38 heavy (non-hydrogen) atoms. The molecule has 0 radical (unpaired) electrons. The minimum Gasteiger partial charge on any atom is -0.333 e. The Labute approximate surface area is 227 Å². The lowest BCUT2D eigenvalue weighted by molar-refractivity contribution is -0.132. The zero-order valence-electron chi connectivity index (χ0n) is 23.2. The number of hydrogen-bond acceptors (Lipinski definition) is 3. The average molecular weight is 518 g/mol. The second-order valence-corrected chi connectivity index (χ2v) is 10.3. The molecule has 0 saturated carbocycles. The van der Waals surface area contributed by atoms with Crippen molar-refractivity contribution in [2.75, 3.05) is 6.54 Å². The molecule has 3 aromatic rings. The third-order valence-electron chi connectivity index (χ3n) is 7.00. The molecule has 3 rings (SSSR count). The van der Waals surface area contributed by atoms with Gasteiger partial charge in [-0.05, 0) is 32.4 Å². The van der Waals surface area contributed by atoms with Gasteiger partial charge in [0.15, 0.2) is 5.78 Å². The number of nitrogens with zero attached hydrogens (tertiary/aromatic N) is 2. The van der Waals surface area contributed by atoms with E-state index in [1.165, 1.54) is 43.2 Å². The van der Waals surface area contributed by atoms with E-state index in [1.54, 1.807) is 4.90 Å². The van der Waals surface area contributed by atoms with Crippen LogP contribution in [0.1, 0.15) is 95.3 Å². The van der Waals surface area contributed by atoms with Gasteiger partial charge in [-0.2, -0.15) is 0 Å². The number of H-pyrrole nitrogens is 1. The Kier molecular flexibility index (Phi) is 11.6. The van der Waals surface area contributed by atoms with Gasteiger partial charge in [0.1, 0.15) is 5.56 Å². The third-order valence-corrected chi connectivity index (χ3v) is 7.00. The molecule has 0 saturated heterocycles. The summed E-state index contributed by atoms with van der Waals surface area (Å²) in [6, 6.07) is 18.4. The number of aromatic amines is 1. The van der Waals surface area contributed by atoms with Crippen molar-refractivity contribution in [3.05, 3.63) is 76.6 Å². The lowest BCUT2D eigenvalue weighted by atomic mass is 10.0. The summed E-state index contributed by atoms with van der Waals surface area (Å²) in [5.41, 5.74) is 1.55. The first kappa shape index (κ1) is 29.2. The number of unbranched alkanes of at least 4 members (excludes halogenated alkanes) is 8. The molecule has 0 unspecified atom stereocenters. The van der Waals surface area contributed by atoms with Gasteiger partial charge in [-0.15, -0.1) is 0 Å². The van der Waals surface area contributed by atoms with Crippen LogP contribution >= 0.6 is 0 Å². The number of Topliss-reactive ketones (excluding diaryl/α,β-unsaturated/α-hetero) is 1. The van der Waals surface area contributed by atoms with Gasteiger partial charge in [0.2, 0.25) is 5.91 Å². The summed E-state index contributed by atoms with van der Waals surface area (Å²) < 4.78 is 1.40. The molecule has 0 bridgehead atoms. The van der Waals surface area contributed by atoms with Gasteiger partial charge in [0.05, 0.1) is 17.9 Å². The third kappa shape index (κ3) is 8.04. The Balaban J connectivity index is 1.70. The number of hydrogen-bond donors (Lipinski definition) is 1. The minimum atomic E-state index is -0.407. The van der Waals surface area contributed by atoms with E-state index in [0.29, 0.717) is 17.8 Å². The molecular formula is C32H43N3O3. The van der Waals surface area contributed by atoms with Crippen molar-refractivity contribution in [1.82, 2.24) is 14.7 Å². The number of amides is 1. The largest absolute Gasteiger partial charge is 0.333 e. The van der Waals surface area contributed by atoms with E-state index in [9.17, 15) is 14.4 Å². The highest BCUT2D eigenvalue weighted by Gasteiger charge is 2.27. The number of ketones is 1. The topological polar surface area (TPSA) is 75.2 Å². The Morgan fingerprint density at radius 3 is 1.95 bits per heavy atom. The number of rotatable bonds is 16. The van der Waals surface area contributed by atoms with Gasteiger partial charge in [-0.1, -0.05) is 107 Å². The zero-order chi connectivity index (χ0) is 27.3. The van der Waals surface area contributed by atoms with Crippen LogP contribution in [0.5, 0.6) is 0 Å². The molecule has 6 heteroatoms. The van der Waals surface area contributed by atoms with Gasteiger partial charge in [-0.3, -0.25) is 19.5 Å². The van der Waals surface area contributed by atoms with E-state index in [0.717, 1.165) is 24.8 Å². The maximum absolute atomic E-state index is 13.6. The first-order chi connectivity index (χ1) is 18.4. The van der Waals surface area contributed by atoms with Gasteiger partial charge in [0, 0.05) is 18.0 Å². The molecule has 0 aliphatic carbocycles. The summed E-state index contributed by atoms with van der Waals surface area (Å²) in [6.45, 7) is 5.94. The Bertz CT molecular complexity index is 1200. The molecule has 0 spiro atoms. The Hall–Kier alpha value is -3.41. The quantitative estimate of drug-likeness (QED) is 0.162. The molecular weight excluding hydrogens is 474 g/mol. The van der Waals surface area contributed by atoms with E-state index in [2.05, 4.69) is 12.0 Å². The number of nitrogens with one attached hydrogen (secondary N) is 1. The first-order valence-corrected chi connectivity index (χ1v) is 14.2. The van der Waals surface area contributed by atoms with E-state index in [1.807, 2.05) is 74.5 Å². The molecule has 1 aromatic heterocycles. The Morgan fingerprint density at radius 2 is 1.37 bits per heavy atom. The van der Waals surface area contributed by atoms with Crippen molar-refractivity contribution in [3.8, 4) is 16.9 Å². The van der Waals surface area contributed by atoms with E-state index in [-0.39, 0.29) is 29.8 Å². The van der Waals surface area contributed by atoms with Crippen LogP contribution in [0.25, 0.3) is 16.9 Å². The van der Waals surface area contributed by atoms with Gasteiger partial charge in [0.25, 0.3) is 5.56 Å². The number of aromatic nitrogens is 2. The number of para-hydroxylation sites is 1. The standard InChI is InChI=1S/C32H43N3O3/c1-4-5-6-7-8-9-10-11-18-23-29(37)34(25(2)3)24-28(36)30-31(26-19-14-12-15-20-26)33-35(32(30)38)27-21-16-13-17-22-27/h12-17,19-22,25,33H,4-11,18,23-24H2,1-3H3. The van der Waals surface area contributed by atoms with E-state index in [4.69, 9.17) is 0 Å². The maximum Gasteiger partial charge on any atom is 0.282 e. The molecule has 1 amide bonds. The van der Waals surface area contributed by atoms with E-state index < -0.39 is 5.56 Å². The summed E-state index contributed by atoms with van der Waals surface area (Å²) in [6.07, 6.45) is 11.1. The Morgan fingerprint density at radius 1 is 0.816 bits per heavy atom. The van der Waals surface area contributed by atoms with Crippen LogP contribution in [0.2, 0.25) is 0 Å². The van der Waals surface area contributed by atoms with E-state index >= 15 is 0 Å². The van der Waals surface area contributed by atoms with Crippen LogP contribution in [0.4, 0.5) is 0 Å². The van der Waals surface area contributed by atoms with Crippen LogP contribution < -0.4 is 5.56 Å². The highest BCUT2D eigenvalue weighted by molar-refractivity contribution is 6.03. The fourth-order valence-electron chi connectivity index (χ4n) is 4.79. The normalized spacial score (nSPS) is 11.2. The molecule has 6 nitrogen and oxygen atoms in total. The van der Waals surface area contributed by atoms with Crippen LogP contribution in [-0.2, 0) is 4.79 Å². The summed E-state index contributed by atoms with van der Waals surface area (Å²) >= 11 is 0. The number of benzene rings is 2. The number of carbonyl (C=O) groups is 2. The summed E-state index contributed by atoms with van der Waals surface area (Å²) in [4.78, 5) is 41.8. The zero-order valence-corrected chi connectivity index (χ0v) is 23.2. The molecule has 0 atom stereocenters. The summed E-state index contributed by atoms with van der Waals surface area (Å²) in [7, 11) is 0. The van der Waals surface area contributed by atoms with Crippen molar-refractivity contribution in [1.29, 1.82) is 0 Å². The second kappa shape index (κ2) is 15.1. The molecule has 0 aliphatic heterocycles. The fourth-order valence-corrected chi connectivity index (χ4v) is 4.79. The molecule has 0 fully saturated rings. The summed E-state index contributed by atoms with van der Waals surface area (Å²) in [5.74, 6) is -0.384. The van der Waals surface area contributed by atoms with Gasteiger partial charge >= 0.3 is 0 Å². The minimum absolute atomic E-state index is 0.0310. The average Bonchev–Trinajstić information content (AvgIpc) is 3.28. The number of carbonyl (C=O) groups excluding carboxylic acids is 2. The van der Waals surface area contributed by atoms with Crippen molar-refractivity contribution in [3.63, 3.8) is 0 Å².